The number of unbranched alkanes of at least 4 members (excludes halogenated alkanes) is 10. The quantitative estimate of drug-likeness (QED) is 0.187. The lowest BCUT2D eigenvalue weighted by Crippen LogP contribution is -2.30. The summed E-state index contributed by atoms with van der Waals surface area (Å²) < 4.78 is 11.0. The van der Waals surface area contributed by atoms with Crippen molar-refractivity contribution in [2.45, 2.75) is 150 Å². The van der Waals surface area contributed by atoms with Crippen LogP contribution in [0.15, 0.2) is 0 Å². The van der Waals surface area contributed by atoms with Crippen molar-refractivity contribution in [2.75, 3.05) is 0 Å². The smallest absolute Gasteiger partial charge is 0.309 e. The van der Waals surface area contributed by atoms with Gasteiger partial charge in [-0.2, -0.15) is 0 Å². The topological polar surface area (TPSA) is 52.6 Å². The molecule has 1 unspecified atom stereocenters. The van der Waals surface area contributed by atoms with Crippen LogP contribution in [0.3, 0.4) is 0 Å². The molecule has 0 aliphatic rings. The Kier molecular flexibility index (Phi) is 15.1. The van der Waals surface area contributed by atoms with Crippen molar-refractivity contribution in [3.05, 3.63) is 0 Å². The van der Waals surface area contributed by atoms with Crippen LogP contribution in [-0.2, 0) is 19.1 Å². The summed E-state index contributed by atoms with van der Waals surface area (Å²) in [7, 11) is 0. The van der Waals surface area contributed by atoms with Gasteiger partial charge in [-0.15, -0.1) is 0 Å². The van der Waals surface area contributed by atoms with Gasteiger partial charge in [0.05, 0.1) is 5.92 Å². The summed E-state index contributed by atoms with van der Waals surface area (Å²) in [5.74, 6) is -0.650. The maximum absolute atomic E-state index is 12.6. The van der Waals surface area contributed by atoms with Crippen LogP contribution in [0.2, 0.25) is 0 Å². The first-order chi connectivity index (χ1) is 13.9. The van der Waals surface area contributed by atoms with E-state index in [1.165, 1.54) is 57.8 Å². The van der Waals surface area contributed by atoms with Crippen LogP contribution in [0.4, 0.5) is 0 Å². The van der Waals surface area contributed by atoms with E-state index in [4.69, 9.17) is 9.47 Å². The zero-order valence-electron chi connectivity index (χ0n) is 21.1. The summed E-state index contributed by atoms with van der Waals surface area (Å²) in [5, 5.41) is 0. The molecule has 30 heavy (non-hydrogen) atoms. The molecule has 0 aliphatic heterocycles. The second kappa shape index (κ2) is 15.7. The van der Waals surface area contributed by atoms with Gasteiger partial charge in [-0.25, -0.2) is 0 Å². The van der Waals surface area contributed by atoms with E-state index < -0.39 is 11.2 Å². The predicted molar refractivity (Wildman–Crippen MR) is 125 cm³/mol. The lowest BCUT2D eigenvalue weighted by molar-refractivity contribution is -0.161. The Morgan fingerprint density at radius 2 is 1.07 bits per heavy atom. The Hall–Kier alpha value is -1.06. The molecule has 0 N–H and O–H groups in total. The first kappa shape index (κ1) is 28.9. The number of carbonyl (C=O) groups excluding carboxylic acids is 2. The maximum Gasteiger partial charge on any atom is 0.309 e. The predicted octanol–water partition coefficient (Wildman–Crippen LogP) is 7.77. The lowest BCUT2D eigenvalue weighted by atomic mass is 9.95. The van der Waals surface area contributed by atoms with Gasteiger partial charge < -0.3 is 9.47 Å². The van der Waals surface area contributed by atoms with Gasteiger partial charge in [0.15, 0.2) is 0 Å². The average Bonchev–Trinajstić information content (AvgIpc) is 2.59. The molecule has 0 aromatic rings. The van der Waals surface area contributed by atoms with Crippen molar-refractivity contribution in [3.63, 3.8) is 0 Å². The van der Waals surface area contributed by atoms with Gasteiger partial charge in [-0.1, -0.05) is 77.6 Å². The zero-order chi connectivity index (χ0) is 23.0. The van der Waals surface area contributed by atoms with Crippen molar-refractivity contribution in [2.24, 2.45) is 5.92 Å². The fourth-order valence-corrected chi connectivity index (χ4v) is 3.50. The molecule has 0 rings (SSSR count). The van der Waals surface area contributed by atoms with Crippen molar-refractivity contribution < 1.29 is 19.1 Å². The van der Waals surface area contributed by atoms with E-state index in [2.05, 4.69) is 6.92 Å². The molecule has 0 spiro atoms. The van der Waals surface area contributed by atoms with Gasteiger partial charge in [0, 0.05) is 6.42 Å². The molecule has 0 fully saturated rings. The van der Waals surface area contributed by atoms with Crippen LogP contribution in [0.25, 0.3) is 0 Å². The molecule has 4 nitrogen and oxygen atoms in total. The maximum atomic E-state index is 12.6. The minimum atomic E-state index is -0.502. The highest BCUT2D eigenvalue weighted by Gasteiger charge is 2.26. The minimum absolute atomic E-state index is 0.182. The van der Waals surface area contributed by atoms with Crippen molar-refractivity contribution in [1.29, 1.82) is 0 Å². The third-order valence-corrected chi connectivity index (χ3v) is 5.01. The molecule has 0 aliphatic carbocycles. The number of ether oxygens (including phenoxy) is 2. The van der Waals surface area contributed by atoms with Crippen molar-refractivity contribution >= 4 is 11.9 Å². The highest BCUT2D eigenvalue weighted by molar-refractivity contribution is 5.75. The van der Waals surface area contributed by atoms with Crippen LogP contribution >= 0.6 is 0 Å². The van der Waals surface area contributed by atoms with Gasteiger partial charge in [-0.3, -0.25) is 9.59 Å². The van der Waals surface area contributed by atoms with Gasteiger partial charge in [0.1, 0.15) is 11.2 Å². The second-order valence-corrected chi connectivity index (χ2v) is 10.7. The van der Waals surface area contributed by atoms with E-state index in [0.29, 0.717) is 6.42 Å². The van der Waals surface area contributed by atoms with Crippen LogP contribution in [0.5, 0.6) is 0 Å². The molecule has 0 radical (unpaired) electrons. The first-order valence-corrected chi connectivity index (χ1v) is 12.4. The summed E-state index contributed by atoms with van der Waals surface area (Å²) in [6.07, 6.45) is 15.7. The standard InChI is InChI=1S/C26H50O4/c1-8-9-10-11-12-13-14-15-16-17-18-19-22(24(28)30-26(5,6)7)20-21-23(27)29-25(2,3)4/h22H,8-21H2,1-7H3. The molecule has 178 valence electrons. The molecule has 0 saturated heterocycles. The number of hydrogen-bond donors (Lipinski definition) is 0. The van der Waals surface area contributed by atoms with E-state index >= 15 is 0 Å². The Bertz CT molecular complexity index is 457. The Morgan fingerprint density at radius 1 is 0.633 bits per heavy atom. The minimum Gasteiger partial charge on any atom is -0.460 e. The Morgan fingerprint density at radius 3 is 1.50 bits per heavy atom. The van der Waals surface area contributed by atoms with E-state index in [9.17, 15) is 9.59 Å². The molecule has 0 heterocycles. The molecule has 0 aromatic heterocycles. The number of carbonyl (C=O) groups is 2. The summed E-state index contributed by atoms with van der Waals surface area (Å²) in [4.78, 5) is 24.7. The van der Waals surface area contributed by atoms with E-state index in [0.717, 1.165) is 19.3 Å². The molecular formula is C26H50O4. The SMILES string of the molecule is CCCCCCCCCCCCCC(CCC(=O)OC(C)(C)C)C(=O)OC(C)(C)C. The summed E-state index contributed by atoms with van der Waals surface area (Å²) >= 11 is 0. The molecule has 1 atom stereocenters. The largest absolute Gasteiger partial charge is 0.460 e. The van der Waals surface area contributed by atoms with E-state index in [1.807, 2.05) is 41.5 Å². The van der Waals surface area contributed by atoms with Crippen LogP contribution in [-0.4, -0.2) is 23.1 Å². The Balaban J connectivity index is 4.20. The number of hydrogen-bond acceptors (Lipinski definition) is 4. The summed E-state index contributed by atoms with van der Waals surface area (Å²) in [6, 6.07) is 0. The fourth-order valence-electron chi connectivity index (χ4n) is 3.50. The third kappa shape index (κ3) is 18.9. The van der Waals surface area contributed by atoms with Gasteiger partial charge in [0.25, 0.3) is 0 Å². The normalized spacial score (nSPS) is 13.2. The fraction of sp³-hybridized carbons (Fsp3) is 0.923. The summed E-state index contributed by atoms with van der Waals surface area (Å²) in [6.45, 7) is 13.5. The van der Waals surface area contributed by atoms with Crippen LogP contribution in [0.1, 0.15) is 138 Å². The van der Waals surface area contributed by atoms with Crippen molar-refractivity contribution in [3.8, 4) is 0 Å². The van der Waals surface area contributed by atoms with Crippen molar-refractivity contribution in [1.82, 2.24) is 0 Å². The molecule has 0 saturated carbocycles. The van der Waals surface area contributed by atoms with E-state index in [-0.39, 0.29) is 24.3 Å². The highest BCUT2D eigenvalue weighted by Crippen LogP contribution is 2.22. The second-order valence-electron chi connectivity index (χ2n) is 10.7. The van der Waals surface area contributed by atoms with Gasteiger partial charge in [-0.05, 0) is 54.4 Å². The van der Waals surface area contributed by atoms with E-state index in [1.54, 1.807) is 0 Å². The average molecular weight is 427 g/mol. The molecule has 0 amide bonds. The summed E-state index contributed by atoms with van der Waals surface area (Å²) in [5.41, 5.74) is -0.993. The number of esters is 2. The monoisotopic (exact) mass is 426 g/mol. The molecular weight excluding hydrogens is 376 g/mol. The van der Waals surface area contributed by atoms with Crippen LogP contribution in [0, 0.1) is 5.92 Å². The van der Waals surface area contributed by atoms with Gasteiger partial charge >= 0.3 is 11.9 Å². The van der Waals surface area contributed by atoms with Crippen LogP contribution < -0.4 is 0 Å². The number of rotatable bonds is 16. The zero-order valence-corrected chi connectivity index (χ0v) is 21.1. The molecule has 0 bridgehead atoms. The molecule has 4 heteroatoms. The Labute approximate surface area is 186 Å². The highest BCUT2D eigenvalue weighted by atomic mass is 16.6. The van der Waals surface area contributed by atoms with Gasteiger partial charge in [0.2, 0.25) is 0 Å². The molecule has 0 aromatic carbocycles. The lowest BCUT2D eigenvalue weighted by Gasteiger charge is -2.24. The third-order valence-electron chi connectivity index (χ3n) is 5.01. The first-order valence-electron chi connectivity index (χ1n) is 12.4.